The Morgan fingerprint density at radius 2 is 1.82 bits per heavy atom. The van der Waals surface area contributed by atoms with Crippen molar-refractivity contribution in [2.45, 2.75) is 0 Å². The van der Waals surface area contributed by atoms with Gasteiger partial charge in [-0.2, -0.15) is 5.26 Å². The highest BCUT2D eigenvalue weighted by molar-refractivity contribution is 6.36. The first kappa shape index (κ1) is 16.4. The predicted octanol–water partition coefficient (Wildman–Crippen LogP) is 5.19. The van der Waals surface area contributed by atoms with E-state index in [0.29, 0.717) is 26.3 Å². The molecule has 0 spiro atoms. The first-order valence-electron chi connectivity index (χ1n) is 6.14. The van der Waals surface area contributed by atoms with Crippen molar-refractivity contribution < 1.29 is 4.79 Å². The van der Waals surface area contributed by atoms with Gasteiger partial charge in [-0.1, -0.05) is 53.0 Å². The standard InChI is InChI=1S/C16H9Cl3N2O/c17-12-5-6-14(19)15(8-12)21-16(22)11(9-20)7-10-3-1-2-4-13(10)18/h1-8H,(H,21,22)/b11-7-. The second-order valence-electron chi connectivity index (χ2n) is 4.27. The van der Waals surface area contributed by atoms with Crippen LogP contribution in [0.25, 0.3) is 6.08 Å². The van der Waals surface area contributed by atoms with Crippen LogP contribution in [0.1, 0.15) is 5.56 Å². The Hall–Kier alpha value is -1.99. The van der Waals surface area contributed by atoms with Gasteiger partial charge in [0, 0.05) is 10.0 Å². The molecule has 0 aromatic heterocycles. The Balaban J connectivity index is 2.29. The number of hydrogen-bond acceptors (Lipinski definition) is 2. The molecule has 2 aromatic rings. The van der Waals surface area contributed by atoms with Crippen molar-refractivity contribution in [3.63, 3.8) is 0 Å². The summed E-state index contributed by atoms with van der Waals surface area (Å²) >= 11 is 17.8. The van der Waals surface area contributed by atoms with E-state index in [1.54, 1.807) is 36.4 Å². The summed E-state index contributed by atoms with van der Waals surface area (Å²) in [4.78, 5) is 12.2. The highest BCUT2D eigenvalue weighted by atomic mass is 35.5. The van der Waals surface area contributed by atoms with Gasteiger partial charge < -0.3 is 5.32 Å². The molecule has 1 amide bonds. The molecule has 22 heavy (non-hydrogen) atoms. The molecule has 0 unspecified atom stereocenters. The van der Waals surface area contributed by atoms with Crippen molar-refractivity contribution in [2.75, 3.05) is 5.32 Å². The van der Waals surface area contributed by atoms with E-state index in [-0.39, 0.29) is 5.57 Å². The molecule has 0 bridgehead atoms. The van der Waals surface area contributed by atoms with Crippen molar-refractivity contribution in [2.24, 2.45) is 0 Å². The second-order valence-corrected chi connectivity index (χ2v) is 5.52. The van der Waals surface area contributed by atoms with Crippen molar-refractivity contribution in [1.29, 1.82) is 5.26 Å². The lowest BCUT2D eigenvalue weighted by Crippen LogP contribution is -2.13. The van der Waals surface area contributed by atoms with Gasteiger partial charge in [-0.15, -0.1) is 0 Å². The number of benzene rings is 2. The normalized spacial score (nSPS) is 10.9. The smallest absolute Gasteiger partial charge is 0.266 e. The minimum Gasteiger partial charge on any atom is -0.320 e. The van der Waals surface area contributed by atoms with Crippen molar-refractivity contribution in [3.8, 4) is 6.07 Å². The zero-order chi connectivity index (χ0) is 16.1. The van der Waals surface area contributed by atoms with Gasteiger partial charge in [0.15, 0.2) is 0 Å². The molecule has 0 aliphatic carbocycles. The van der Waals surface area contributed by atoms with Crippen LogP contribution in [-0.4, -0.2) is 5.91 Å². The van der Waals surface area contributed by atoms with Gasteiger partial charge in [-0.25, -0.2) is 0 Å². The number of nitriles is 1. The number of amides is 1. The van der Waals surface area contributed by atoms with E-state index >= 15 is 0 Å². The first-order chi connectivity index (χ1) is 10.5. The van der Waals surface area contributed by atoms with Gasteiger partial charge in [-0.05, 0) is 35.9 Å². The van der Waals surface area contributed by atoms with E-state index in [0.717, 1.165) is 0 Å². The number of nitrogens with one attached hydrogen (secondary N) is 1. The van der Waals surface area contributed by atoms with Crippen LogP contribution in [0.3, 0.4) is 0 Å². The summed E-state index contributed by atoms with van der Waals surface area (Å²) in [7, 11) is 0. The lowest BCUT2D eigenvalue weighted by atomic mass is 10.1. The maximum absolute atomic E-state index is 12.2. The SMILES string of the molecule is N#C/C(=C/c1ccccc1Cl)C(=O)Nc1cc(Cl)ccc1Cl. The molecule has 0 atom stereocenters. The highest BCUT2D eigenvalue weighted by Crippen LogP contribution is 2.26. The molecule has 2 aromatic carbocycles. The number of halogens is 3. The third-order valence-electron chi connectivity index (χ3n) is 2.75. The maximum atomic E-state index is 12.2. The maximum Gasteiger partial charge on any atom is 0.266 e. The number of carbonyl (C=O) groups is 1. The van der Waals surface area contributed by atoms with Gasteiger partial charge in [0.1, 0.15) is 11.6 Å². The number of hydrogen-bond donors (Lipinski definition) is 1. The Labute approximate surface area is 142 Å². The van der Waals surface area contributed by atoms with Crippen molar-refractivity contribution in [3.05, 3.63) is 68.7 Å². The molecule has 2 rings (SSSR count). The van der Waals surface area contributed by atoms with E-state index in [1.165, 1.54) is 12.1 Å². The Morgan fingerprint density at radius 3 is 2.50 bits per heavy atom. The van der Waals surface area contributed by atoms with Crippen LogP contribution < -0.4 is 5.32 Å². The quantitative estimate of drug-likeness (QED) is 0.611. The molecule has 6 heteroatoms. The summed E-state index contributed by atoms with van der Waals surface area (Å²) in [5, 5.41) is 12.9. The lowest BCUT2D eigenvalue weighted by Gasteiger charge is -2.07. The van der Waals surface area contributed by atoms with Crippen LogP contribution in [0.5, 0.6) is 0 Å². The van der Waals surface area contributed by atoms with Crippen LogP contribution in [0, 0.1) is 11.3 Å². The Kier molecular flexibility index (Phi) is 5.46. The third-order valence-corrected chi connectivity index (χ3v) is 3.66. The third kappa shape index (κ3) is 4.02. The molecule has 1 N–H and O–H groups in total. The van der Waals surface area contributed by atoms with Gasteiger partial charge in [0.25, 0.3) is 5.91 Å². The van der Waals surface area contributed by atoms with Crippen LogP contribution in [0.2, 0.25) is 15.1 Å². The van der Waals surface area contributed by atoms with Crippen molar-refractivity contribution in [1.82, 2.24) is 0 Å². The molecule has 0 aliphatic rings. The number of anilines is 1. The lowest BCUT2D eigenvalue weighted by molar-refractivity contribution is -0.112. The minimum absolute atomic E-state index is 0.0934. The van der Waals surface area contributed by atoms with E-state index < -0.39 is 5.91 Å². The highest BCUT2D eigenvalue weighted by Gasteiger charge is 2.12. The molecule has 0 heterocycles. The van der Waals surface area contributed by atoms with Crippen LogP contribution in [0.4, 0.5) is 5.69 Å². The van der Waals surface area contributed by atoms with Gasteiger partial charge in [0.05, 0.1) is 10.7 Å². The average molecular weight is 352 g/mol. The summed E-state index contributed by atoms with van der Waals surface area (Å²) in [6, 6.07) is 13.4. The Bertz CT molecular complexity index is 794. The zero-order valence-electron chi connectivity index (χ0n) is 11.1. The largest absolute Gasteiger partial charge is 0.320 e. The molecule has 110 valence electrons. The number of rotatable bonds is 3. The summed E-state index contributed by atoms with van der Waals surface area (Å²) in [5.74, 6) is -0.591. The van der Waals surface area contributed by atoms with Crippen LogP contribution >= 0.6 is 34.8 Å². The molecule has 0 radical (unpaired) electrons. The topological polar surface area (TPSA) is 52.9 Å². The van der Waals surface area contributed by atoms with E-state index in [2.05, 4.69) is 5.32 Å². The number of carbonyl (C=O) groups excluding carboxylic acids is 1. The Morgan fingerprint density at radius 1 is 1.09 bits per heavy atom. The fourth-order valence-electron chi connectivity index (χ4n) is 1.68. The summed E-state index contributed by atoms with van der Waals surface area (Å²) < 4.78 is 0. The van der Waals surface area contributed by atoms with Gasteiger partial charge in [-0.3, -0.25) is 4.79 Å². The van der Waals surface area contributed by atoms with E-state index in [1.807, 2.05) is 6.07 Å². The summed E-state index contributed by atoms with van der Waals surface area (Å²) in [5.41, 5.74) is 0.816. The van der Waals surface area contributed by atoms with E-state index in [4.69, 9.17) is 40.1 Å². The van der Waals surface area contributed by atoms with Gasteiger partial charge >= 0.3 is 0 Å². The molecule has 0 saturated carbocycles. The predicted molar refractivity (Wildman–Crippen MR) is 90.1 cm³/mol. The fraction of sp³-hybridized carbons (Fsp3) is 0. The average Bonchev–Trinajstić information content (AvgIpc) is 2.50. The molecule has 0 saturated heterocycles. The van der Waals surface area contributed by atoms with Crippen molar-refractivity contribution >= 4 is 52.5 Å². The number of nitrogens with zero attached hydrogens (tertiary/aromatic N) is 1. The van der Waals surface area contributed by atoms with Crippen LogP contribution in [0.15, 0.2) is 48.0 Å². The monoisotopic (exact) mass is 350 g/mol. The van der Waals surface area contributed by atoms with Crippen LogP contribution in [-0.2, 0) is 4.79 Å². The molecule has 0 fully saturated rings. The minimum atomic E-state index is -0.591. The fourth-order valence-corrected chi connectivity index (χ4v) is 2.21. The summed E-state index contributed by atoms with van der Waals surface area (Å²) in [6.07, 6.45) is 1.41. The zero-order valence-corrected chi connectivity index (χ0v) is 13.4. The first-order valence-corrected chi connectivity index (χ1v) is 7.27. The van der Waals surface area contributed by atoms with Gasteiger partial charge in [0.2, 0.25) is 0 Å². The molecule has 0 aliphatic heterocycles. The summed E-state index contributed by atoms with van der Waals surface area (Å²) in [6.45, 7) is 0. The molecule has 3 nitrogen and oxygen atoms in total. The molecular weight excluding hydrogens is 343 g/mol. The second kappa shape index (κ2) is 7.33. The van der Waals surface area contributed by atoms with E-state index in [9.17, 15) is 4.79 Å². The molecular formula is C16H9Cl3N2O.